The Kier molecular flexibility index (Phi) is 5.99. The number of rotatable bonds is 6. The van der Waals surface area contributed by atoms with Gasteiger partial charge in [0.1, 0.15) is 5.75 Å². The van der Waals surface area contributed by atoms with Gasteiger partial charge in [-0.2, -0.15) is 5.10 Å². The second kappa shape index (κ2) is 8.44. The first kappa shape index (κ1) is 19.9. The molecule has 0 radical (unpaired) electrons. The average Bonchev–Trinajstić information content (AvgIpc) is 3.18. The summed E-state index contributed by atoms with van der Waals surface area (Å²) in [5.41, 5.74) is 0.566. The van der Waals surface area contributed by atoms with E-state index in [4.69, 9.17) is 21.1 Å². The topological polar surface area (TPSA) is 68.2 Å². The van der Waals surface area contributed by atoms with E-state index in [2.05, 4.69) is 5.10 Å². The summed E-state index contributed by atoms with van der Waals surface area (Å²) in [5.74, 6) is -0.529. The minimum atomic E-state index is -1.25. The van der Waals surface area contributed by atoms with E-state index in [1.165, 1.54) is 5.01 Å². The predicted octanol–water partition coefficient (Wildman–Crippen LogP) is 3.68. The maximum atomic E-state index is 12.4. The summed E-state index contributed by atoms with van der Waals surface area (Å²) < 4.78 is 10.8. The fourth-order valence-corrected chi connectivity index (χ4v) is 2.81. The lowest BCUT2D eigenvalue weighted by Gasteiger charge is -2.24. The number of carbonyl (C=O) groups excluding carboxylic acids is 2. The largest absolute Gasteiger partial charge is 0.476 e. The molecular formula is C21H21ClN2O4. The SMILES string of the molecule is CC(C)(Oc1ccc(Cl)cc1)C(=O)OCC(=O)N1CCC(c2ccccc2)=N1. The zero-order valence-corrected chi connectivity index (χ0v) is 16.5. The number of halogens is 1. The van der Waals surface area contributed by atoms with Gasteiger partial charge in [0, 0.05) is 11.4 Å². The molecule has 28 heavy (non-hydrogen) atoms. The van der Waals surface area contributed by atoms with E-state index in [9.17, 15) is 9.59 Å². The molecule has 1 heterocycles. The Morgan fingerprint density at radius 2 is 1.79 bits per heavy atom. The fraction of sp³-hybridized carbons (Fsp3) is 0.286. The van der Waals surface area contributed by atoms with Gasteiger partial charge in [-0.05, 0) is 43.7 Å². The highest BCUT2D eigenvalue weighted by Gasteiger charge is 2.33. The molecular weight excluding hydrogens is 380 g/mol. The van der Waals surface area contributed by atoms with Crippen LogP contribution in [0.5, 0.6) is 5.75 Å². The van der Waals surface area contributed by atoms with Crippen LogP contribution in [0.2, 0.25) is 5.02 Å². The van der Waals surface area contributed by atoms with Crippen LogP contribution in [-0.2, 0) is 14.3 Å². The summed E-state index contributed by atoms with van der Waals surface area (Å²) in [6, 6.07) is 16.3. The number of ether oxygens (including phenoxy) is 2. The van der Waals surface area contributed by atoms with Crippen LogP contribution in [0.15, 0.2) is 59.7 Å². The first-order chi connectivity index (χ1) is 13.3. The Morgan fingerprint density at radius 3 is 2.46 bits per heavy atom. The lowest BCUT2D eigenvalue weighted by atomic mass is 10.1. The van der Waals surface area contributed by atoms with E-state index in [1.54, 1.807) is 38.1 Å². The molecule has 0 atom stereocenters. The first-order valence-corrected chi connectivity index (χ1v) is 9.28. The van der Waals surface area contributed by atoms with Gasteiger partial charge in [-0.1, -0.05) is 41.9 Å². The molecule has 1 aliphatic rings. The lowest BCUT2D eigenvalue weighted by molar-refractivity contribution is -0.163. The molecule has 3 rings (SSSR count). The van der Waals surface area contributed by atoms with Gasteiger partial charge < -0.3 is 9.47 Å². The van der Waals surface area contributed by atoms with Crippen molar-refractivity contribution in [2.75, 3.05) is 13.2 Å². The van der Waals surface area contributed by atoms with Gasteiger partial charge in [-0.3, -0.25) is 4.79 Å². The van der Waals surface area contributed by atoms with Crippen LogP contribution >= 0.6 is 11.6 Å². The van der Waals surface area contributed by atoms with Gasteiger partial charge in [0.25, 0.3) is 5.91 Å². The molecule has 0 unspecified atom stereocenters. The van der Waals surface area contributed by atoms with Crippen molar-refractivity contribution in [2.45, 2.75) is 25.9 Å². The third-order valence-corrected chi connectivity index (χ3v) is 4.45. The van der Waals surface area contributed by atoms with E-state index in [-0.39, 0.29) is 5.91 Å². The summed E-state index contributed by atoms with van der Waals surface area (Å²) in [6.07, 6.45) is 0.662. The van der Waals surface area contributed by atoms with Crippen molar-refractivity contribution in [2.24, 2.45) is 5.10 Å². The standard InChI is InChI=1S/C21H21ClN2O4/c1-21(2,28-17-10-8-16(22)9-11-17)20(26)27-14-19(25)24-13-12-18(23-24)15-6-4-3-5-7-15/h3-11H,12-14H2,1-2H3. The predicted molar refractivity (Wildman–Crippen MR) is 106 cm³/mol. The highest BCUT2D eigenvalue weighted by Crippen LogP contribution is 2.22. The summed E-state index contributed by atoms with van der Waals surface area (Å²) >= 11 is 5.84. The normalized spacial score (nSPS) is 13.8. The zero-order chi connectivity index (χ0) is 20.1. The number of carbonyl (C=O) groups is 2. The van der Waals surface area contributed by atoms with Crippen LogP contribution in [0, 0.1) is 0 Å². The molecule has 0 N–H and O–H groups in total. The molecule has 1 aliphatic heterocycles. The van der Waals surface area contributed by atoms with Gasteiger partial charge >= 0.3 is 5.97 Å². The molecule has 0 bridgehead atoms. The second-order valence-corrected chi connectivity index (χ2v) is 7.26. The number of benzene rings is 2. The highest BCUT2D eigenvalue weighted by atomic mass is 35.5. The monoisotopic (exact) mass is 400 g/mol. The van der Waals surface area contributed by atoms with E-state index >= 15 is 0 Å². The minimum absolute atomic E-state index is 0.374. The molecule has 1 amide bonds. The van der Waals surface area contributed by atoms with Crippen molar-refractivity contribution in [3.05, 3.63) is 65.2 Å². The van der Waals surface area contributed by atoms with Crippen molar-refractivity contribution in [3.63, 3.8) is 0 Å². The number of hydrogen-bond donors (Lipinski definition) is 0. The Balaban J connectivity index is 1.54. The van der Waals surface area contributed by atoms with E-state index < -0.39 is 18.2 Å². The van der Waals surface area contributed by atoms with Crippen LogP contribution in [0.4, 0.5) is 0 Å². The quantitative estimate of drug-likeness (QED) is 0.694. The van der Waals surface area contributed by atoms with Gasteiger partial charge in [-0.25, -0.2) is 9.80 Å². The molecule has 0 saturated carbocycles. The maximum Gasteiger partial charge on any atom is 0.350 e. The Labute approximate surface area is 168 Å². The summed E-state index contributed by atoms with van der Waals surface area (Å²) in [6.45, 7) is 3.23. The number of esters is 1. The molecule has 2 aromatic rings. The molecule has 2 aromatic carbocycles. The number of amides is 1. The Bertz CT molecular complexity index is 879. The highest BCUT2D eigenvalue weighted by molar-refractivity contribution is 6.30. The molecule has 6 nitrogen and oxygen atoms in total. The number of nitrogens with zero attached hydrogens (tertiary/aromatic N) is 2. The third-order valence-electron chi connectivity index (χ3n) is 4.20. The van der Waals surface area contributed by atoms with Gasteiger partial charge in [-0.15, -0.1) is 0 Å². The van der Waals surface area contributed by atoms with Gasteiger partial charge in [0.05, 0.1) is 12.3 Å². The van der Waals surface area contributed by atoms with Crippen LogP contribution in [0.3, 0.4) is 0 Å². The first-order valence-electron chi connectivity index (χ1n) is 8.90. The summed E-state index contributed by atoms with van der Waals surface area (Å²) in [4.78, 5) is 24.7. The molecule has 146 valence electrons. The van der Waals surface area contributed by atoms with Crippen LogP contribution < -0.4 is 4.74 Å². The number of hydrazone groups is 1. The van der Waals surface area contributed by atoms with Crippen molar-refractivity contribution in [1.29, 1.82) is 0 Å². The lowest BCUT2D eigenvalue weighted by Crippen LogP contribution is -2.41. The van der Waals surface area contributed by atoms with Crippen molar-refractivity contribution in [3.8, 4) is 5.75 Å². The molecule has 0 fully saturated rings. The van der Waals surface area contributed by atoms with Crippen molar-refractivity contribution < 1.29 is 19.1 Å². The molecule has 0 saturated heterocycles. The number of hydrogen-bond acceptors (Lipinski definition) is 5. The average molecular weight is 401 g/mol. The smallest absolute Gasteiger partial charge is 0.350 e. The van der Waals surface area contributed by atoms with Crippen LogP contribution in [0.25, 0.3) is 0 Å². The van der Waals surface area contributed by atoms with Gasteiger partial charge in [0.15, 0.2) is 12.2 Å². The van der Waals surface area contributed by atoms with Crippen molar-refractivity contribution in [1.82, 2.24) is 5.01 Å². The minimum Gasteiger partial charge on any atom is -0.476 e. The molecule has 7 heteroatoms. The van der Waals surface area contributed by atoms with Crippen LogP contribution in [-0.4, -0.2) is 41.3 Å². The molecule has 0 spiro atoms. The van der Waals surface area contributed by atoms with Crippen molar-refractivity contribution >= 4 is 29.2 Å². The maximum absolute atomic E-state index is 12.4. The summed E-state index contributed by atoms with van der Waals surface area (Å²) in [7, 11) is 0. The van der Waals surface area contributed by atoms with E-state index in [0.717, 1.165) is 11.3 Å². The molecule has 0 aliphatic carbocycles. The Hall–Kier alpha value is -2.86. The van der Waals surface area contributed by atoms with Gasteiger partial charge in [0.2, 0.25) is 0 Å². The summed E-state index contributed by atoms with van der Waals surface area (Å²) in [5, 5.41) is 6.24. The third kappa shape index (κ3) is 4.89. The Morgan fingerprint density at radius 1 is 1.11 bits per heavy atom. The zero-order valence-electron chi connectivity index (χ0n) is 15.7. The van der Waals surface area contributed by atoms with Crippen LogP contribution in [0.1, 0.15) is 25.8 Å². The molecule has 0 aromatic heterocycles. The fourth-order valence-electron chi connectivity index (χ4n) is 2.69. The van der Waals surface area contributed by atoms with E-state index in [1.807, 2.05) is 30.3 Å². The second-order valence-electron chi connectivity index (χ2n) is 6.82. The van der Waals surface area contributed by atoms with E-state index in [0.29, 0.717) is 23.7 Å².